The number of halogens is 1. The number of methoxy groups -OCH3 is 1. The van der Waals surface area contributed by atoms with Crippen molar-refractivity contribution < 1.29 is 17.6 Å². The standard InChI is InChI=1S/C21H24ClN3O5S/c1-5-15-12(2)7-6-8-16(15)13(3)19(20-23-24-21(26)30-20)25-31(27,28)18-10-9-14(22)11-17(18)29-4/h6-11,13,19,25H,5H2,1-4H3,(H,24,26). The Kier molecular flexibility index (Phi) is 6.88. The largest absolute Gasteiger partial charge is 0.495 e. The van der Waals surface area contributed by atoms with Crippen molar-refractivity contribution in [2.75, 3.05) is 7.11 Å². The number of nitrogens with one attached hydrogen (secondary N) is 2. The van der Waals surface area contributed by atoms with E-state index in [1.807, 2.05) is 39.0 Å². The quantitative estimate of drug-likeness (QED) is 0.524. The second-order valence-electron chi connectivity index (χ2n) is 7.13. The molecule has 2 aromatic carbocycles. The van der Waals surface area contributed by atoms with Crippen molar-refractivity contribution in [2.45, 2.75) is 44.0 Å². The molecule has 0 amide bonds. The summed E-state index contributed by atoms with van der Waals surface area (Å²) in [5, 5.41) is 6.43. The average Bonchev–Trinajstić information content (AvgIpc) is 3.17. The second kappa shape index (κ2) is 9.25. The van der Waals surface area contributed by atoms with Gasteiger partial charge in [-0.1, -0.05) is 43.6 Å². The maximum Gasteiger partial charge on any atom is 0.434 e. The van der Waals surface area contributed by atoms with E-state index in [-0.39, 0.29) is 16.5 Å². The van der Waals surface area contributed by atoms with Gasteiger partial charge in [0.05, 0.1) is 7.11 Å². The smallest absolute Gasteiger partial charge is 0.434 e. The van der Waals surface area contributed by atoms with Gasteiger partial charge in [0.25, 0.3) is 0 Å². The van der Waals surface area contributed by atoms with E-state index in [9.17, 15) is 13.2 Å². The molecule has 0 aliphatic rings. The van der Waals surface area contributed by atoms with Crippen molar-refractivity contribution in [1.82, 2.24) is 14.9 Å². The fourth-order valence-electron chi connectivity index (χ4n) is 3.65. The first-order chi connectivity index (χ1) is 14.7. The number of ether oxygens (including phenoxy) is 1. The first-order valence-electron chi connectivity index (χ1n) is 9.67. The average molecular weight is 466 g/mol. The zero-order valence-corrected chi connectivity index (χ0v) is 19.2. The summed E-state index contributed by atoms with van der Waals surface area (Å²) >= 11 is 5.97. The molecule has 3 aromatic rings. The molecule has 0 saturated heterocycles. The minimum absolute atomic E-state index is 0.0578. The molecule has 0 bridgehead atoms. The van der Waals surface area contributed by atoms with E-state index in [4.69, 9.17) is 20.8 Å². The Balaban J connectivity index is 2.09. The predicted molar refractivity (Wildman–Crippen MR) is 117 cm³/mol. The van der Waals surface area contributed by atoms with Crippen LogP contribution in [0.4, 0.5) is 0 Å². The maximum atomic E-state index is 13.3. The van der Waals surface area contributed by atoms with Crippen LogP contribution in [-0.4, -0.2) is 25.7 Å². The van der Waals surface area contributed by atoms with E-state index in [0.29, 0.717) is 5.02 Å². The van der Waals surface area contributed by atoms with E-state index in [1.165, 1.54) is 25.3 Å². The third kappa shape index (κ3) is 4.84. The van der Waals surface area contributed by atoms with Crippen molar-refractivity contribution in [2.24, 2.45) is 0 Å². The van der Waals surface area contributed by atoms with Gasteiger partial charge in [-0.3, -0.25) is 0 Å². The monoisotopic (exact) mass is 465 g/mol. The van der Waals surface area contributed by atoms with E-state index in [1.54, 1.807) is 0 Å². The van der Waals surface area contributed by atoms with Gasteiger partial charge in [0.1, 0.15) is 16.7 Å². The number of sulfonamides is 1. The number of aryl methyl sites for hydroxylation is 1. The molecule has 31 heavy (non-hydrogen) atoms. The van der Waals surface area contributed by atoms with E-state index in [2.05, 4.69) is 14.9 Å². The summed E-state index contributed by atoms with van der Waals surface area (Å²) in [6, 6.07) is 9.13. The molecule has 0 radical (unpaired) electrons. The van der Waals surface area contributed by atoms with Crippen LogP contribution in [0.2, 0.25) is 5.02 Å². The van der Waals surface area contributed by atoms with E-state index < -0.39 is 27.7 Å². The Bertz CT molecular complexity index is 1240. The van der Waals surface area contributed by atoms with Crippen molar-refractivity contribution in [3.8, 4) is 5.75 Å². The van der Waals surface area contributed by atoms with Gasteiger partial charge < -0.3 is 9.15 Å². The summed E-state index contributed by atoms with van der Waals surface area (Å²) < 4.78 is 39.5. The summed E-state index contributed by atoms with van der Waals surface area (Å²) in [5.41, 5.74) is 3.13. The third-order valence-corrected chi connectivity index (χ3v) is 6.92. The summed E-state index contributed by atoms with van der Waals surface area (Å²) in [7, 11) is -2.73. The van der Waals surface area contributed by atoms with Crippen LogP contribution < -0.4 is 15.2 Å². The molecule has 166 valence electrons. The van der Waals surface area contributed by atoms with Gasteiger partial charge in [0.15, 0.2) is 0 Å². The lowest BCUT2D eigenvalue weighted by molar-refractivity contribution is 0.378. The molecule has 0 saturated carbocycles. The first kappa shape index (κ1) is 23.1. The Morgan fingerprint density at radius 2 is 2.03 bits per heavy atom. The third-order valence-electron chi connectivity index (χ3n) is 5.21. The van der Waals surface area contributed by atoms with Gasteiger partial charge in [-0.25, -0.2) is 18.3 Å². The summed E-state index contributed by atoms with van der Waals surface area (Å²) in [5.74, 6) is -1.12. The lowest BCUT2D eigenvalue weighted by Crippen LogP contribution is -2.33. The molecule has 2 atom stereocenters. The number of aromatic nitrogens is 2. The highest BCUT2D eigenvalue weighted by Crippen LogP contribution is 2.35. The minimum Gasteiger partial charge on any atom is -0.495 e. The summed E-state index contributed by atoms with van der Waals surface area (Å²) in [6.07, 6.45) is 0.765. The fourth-order valence-corrected chi connectivity index (χ4v) is 5.23. The lowest BCUT2D eigenvalue weighted by atomic mass is 9.87. The predicted octanol–water partition coefficient (Wildman–Crippen LogP) is 3.72. The van der Waals surface area contributed by atoms with Crippen molar-refractivity contribution in [1.29, 1.82) is 0 Å². The highest BCUT2D eigenvalue weighted by molar-refractivity contribution is 7.89. The number of benzene rings is 2. The molecule has 0 aliphatic carbocycles. The zero-order valence-electron chi connectivity index (χ0n) is 17.6. The molecule has 2 N–H and O–H groups in total. The fraction of sp³-hybridized carbons (Fsp3) is 0.333. The number of rotatable bonds is 8. The van der Waals surface area contributed by atoms with Crippen LogP contribution in [0.3, 0.4) is 0 Å². The molecule has 1 aromatic heterocycles. The number of aromatic amines is 1. The minimum atomic E-state index is -4.09. The van der Waals surface area contributed by atoms with Gasteiger partial charge in [0.2, 0.25) is 15.9 Å². The van der Waals surface area contributed by atoms with Crippen LogP contribution >= 0.6 is 11.6 Å². The van der Waals surface area contributed by atoms with Gasteiger partial charge in [-0.05, 0) is 42.2 Å². The van der Waals surface area contributed by atoms with Crippen LogP contribution in [0, 0.1) is 6.92 Å². The Morgan fingerprint density at radius 3 is 2.65 bits per heavy atom. The highest BCUT2D eigenvalue weighted by Gasteiger charge is 2.33. The van der Waals surface area contributed by atoms with Crippen LogP contribution in [-0.2, 0) is 16.4 Å². The number of nitrogens with zero attached hydrogens (tertiary/aromatic N) is 1. The first-order valence-corrected chi connectivity index (χ1v) is 11.5. The molecule has 0 spiro atoms. The molecule has 2 unspecified atom stereocenters. The number of hydrogen-bond acceptors (Lipinski definition) is 6. The highest BCUT2D eigenvalue weighted by atomic mass is 35.5. The number of hydrogen-bond donors (Lipinski definition) is 2. The van der Waals surface area contributed by atoms with Gasteiger partial charge in [-0.15, -0.1) is 5.10 Å². The van der Waals surface area contributed by atoms with Crippen LogP contribution in [0.5, 0.6) is 5.75 Å². The van der Waals surface area contributed by atoms with Crippen LogP contribution in [0.1, 0.15) is 48.4 Å². The van der Waals surface area contributed by atoms with E-state index in [0.717, 1.165) is 23.1 Å². The van der Waals surface area contributed by atoms with Crippen molar-refractivity contribution >= 4 is 21.6 Å². The molecular weight excluding hydrogens is 442 g/mol. The van der Waals surface area contributed by atoms with E-state index >= 15 is 0 Å². The van der Waals surface area contributed by atoms with Crippen LogP contribution in [0.15, 0.2) is 50.5 Å². The van der Waals surface area contributed by atoms with Crippen LogP contribution in [0.25, 0.3) is 0 Å². The number of H-pyrrole nitrogens is 1. The zero-order chi connectivity index (χ0) is 22.8. The Labute approximate surface area is 185 Å². The summed E-state index contributed by atoms with van der Waals surface area (Å²) in [4.78, 5) is 11.5. The second-order valence-corrected chi connectivity index (χ2v) is 9.25. The molecule has 3 rings (SSSR count). The maximum absolute atomic E-state index is 13.3. The Hall–Kier alpha value is -2.62. The van der Waals surface area contributed by atoms with Crippen molar-refractivity contribution in [3.05, 3.63) is 74.6 Å². The summed E-state index contributed by atoms with van der Waals surface area (Å²) in [6.45, 7) is 5.89. The lowest BCUT2D eigenvalue weighted by Gasteiger charge is -2.25. The topological polar surface area (TPSA) is 114 Å². The molecule has 1 heterocycles. The SMILES string of the molecule is CCc1c(C)cccc1C(C)C(NS(=O)(=O)c1ccc(Cl)cc1OC)c1n[nH]c(=O)o1. The normalized spacial score (nSPS) is 13.7. The molecule has 8 nitrogen and oxygen atoms in total. The Morgan fingerprint density at radius 1 is 1.29 bits per heavy atom. The molecule has 0 aliphatic heterocycles. The molecular formula is C21H24ClN3O5S. The molecule has 0 fully saturated rings. The van der Waals surface area contributed by atoms with Crippen molar-refractivity contribution in [3.63, 3.8) is 0 Å². The van der Waals surface area contributed by atoms with Gasteiger partial charge in [0, 0.05) is 17.0 Å². The molecule has 10 heteroatoms. The van der Waals surface area contributed by atoms with Gasteiger partial charge >= 0.3 is 5.76 Å². The van der Waals surface area contributed by atoms with Gasteiger partial charge in [-0.2, -0.15) is 4.72 Å².